The fraction of sp³-hybridized carbons (Fsp3) is 0.303. The molecule has 0 saturated carbocycles. The Labute approximate surface area is 247 Å². The number of halogens is 1. The van der Waals surface area contributed by atoms with Gasteiger partial charge in [-0.05, 0) is 82.1 Å². The Kier molecular flexibility index (Phi) is 7.52. The zero-order valence-corrected chi connectivity index (χ0v) is 24.2. The molecule has 0 aliphatic carbocycles. The van der Waals surface area contributed by atoms with Crippen LogP contribution in [0.2, 0.25) is 0 Å². The molecule has 1 atom stereocenters. The molecule has 1 aliphatic rings. The van der Waals surface area contributed by atoms with Gasteiger partial charge in [0.15, 0.2) is 5.58 Å². The highest BCUT2D eigenvalue weighted by molar-refractivity contribution is 6.03. The SMILES string of the molecule is CC(C)(C)OC(=O)CCCCc1nc2cc(C3=NOC(c4nc5ccccc5o4)C3)ccc2c(=O)n1-c1ccc(F)cc1. The molecule has 10 heteroatoms. The van der Waals surface area contributed by atoms with Gasteiger partial charge in [0, 0.05) is 24.8 Å². The summed E-state index contributed by atoms with van der Waals surface area (Å²) in [4.78, 5) is 41.0. The second-order valence-corrected chi connectivity index (χ2v) is 11.5. The van der Waals surface area contributed by atoms with Crippen molar-refractivity contribution in [3.63, 3.8) is 0 Å². The van der Waals surface area contributed by atoms with E-state index in [9.17, 15) is 14.0 Å². The summed E-state index contributed by atoms with van der Waals surface area (Å²) in [7, 11) is 0. The van der Waals surface area contributed by atoms with Gasteiger partial charge >= 0.3 is 5.97 Å². The molecule has 9 nitrogen and oxygen atoms in total. The van der Waals surface area contributed by atoms with Crippen LogP contribution in [-0.2, 0) is 20.8 Å². The molecular weight excluding hydrogens is 551 g/mol. The van der Waals surface area contributed by atoms with E-state index in [0.29, 0.717) is 65.3 Å². The summed E-state index contributed by atoms with van der Waals surface area (Å²) in [6.07, 6.45) is 1.85. The molecule has 1 aliphatic heterocycles. The number of carbonyl (C=O) groups is 1. The molecule has 1 unspecified atom stereocenters. The summed E-state index contributed by atoms with van der Waals surface area (Å²) in [6, 6.07) is 18.6. The van der Waals surface area contributed by atoms with Gasteiger partial charge in [0.2, 0.25) is 12.0 Å². The van der Waals surface area contributed by atoms with E-state index in [1.165, 1.54) is 16.7 Å². The molecule has 0 fully saturated rings. The standard InChI is InChI=1S/C33H31FN4O5/c1-33(2,3)42-30(39)11-7-6-10-29-35-26-18-20(12-17-23(26)32(40)38(29)22-15-13-21(34)14-16-22)25-19-28(43-37-25)31-36-24-8-4-5-9-27(24)41-31/h4-5,8-9,12-18,28H,6-7,10-11,19H2,1-3H3. The average molecular weight is 583 g/mol. The monoisotopic (exact) mass is 582 g/mol. The number of oxime groups is 1. The van der Waals surface area contributed by atoms with Gasteiger partial charge in [-0.2, -0.15) is 0 Å². The van der Waals surface area contributed by atoms with Gasteiger partial charge in [-0.25, -0.2) is 14.4 Å². The number of benzene rings is 3. The highest BCUT2D eigenvalue weighted by Gasteiger charge is 2.29. The average Bonchev–Trinajstić information content (AvgIpc) is 3.63. The van der Waals surface area contributed by atoms with Crippen molar-refractivity contribution in [2.45, 2.75) is 64.6 Å². The number of esters is 1. The van der Waals surface area contributed by atoms with Crippen LogP contribution in [0.15, 0.2) is 81.1 Å². The summed E-state index contributed by atoms with van der Waals surface area (Å²) in [5, 5.41) is 4.70. The predicted octanol–water partition coefficient (Wildman–Crippen LogP) is 6.59. The number of aromatic nitrogens is 3. The Morgan fingerprint density at radius 2 is 1.81 bits per heavy atom. The first-order valence-electron chi connectivity index (χ1n) is 14.3. The number of carbonyl (C=O) groups excluding carboxylic acids is 1. The van der Waals surface area contributed by atoms with Crippen LogP contribution >= 0.6 is 0 Å². The lowest BCUT2D eigenvalue weighted by atomic mass is 10.0. The molecule has 0 spiro atoms. The van der Waals surface area contributed by atoms with Crippen molar-refractivity contribution in [3.8, 4) is 5.69 Å². The Hall–Kier alpha value is -4.86. The van der Waals surface area contributed by atoms with Crippen molar-refractivity contribution in [2.24, 2.45) is 5.16 Å². The quantitative estimate of drug-likeness (QED) is 0.150. The van der Waals surface area contributed by atoms with Crippen LogP contribution in [0.5, 0.6) is 0 Å². The molecule has 3 heterocycles. The predicted molar refractivity (Wildman–Crippen MR) is 160 cm³/mol. The molecule has 0 N–H and O–H groups in total. The van der Waals surface area contributed by atoms with E-state index in [4.69, 9.17) is 19.0 Å². The minimum atomic E-state index is -0.547. The van der Waals surface area contributed by atoms with Crippen LogP contribution in [-0.4, -0.2) is 31.8 Å². The van der Waals surface area contributed by atoms with Gasteiger partial charge in [0.25, 0.3) is 5.56 Å². The van der Waals surface area contributed by atoms with Crippen LogP contribution in [0.1, 0.15) is 69.8 Å². The molecule has 43 heavy (non-hydrogen) atoms. The van der Waals surface area contributed by atoms with Crippen LogP contribution in [0.4, 0.5) is 4.39 Å². The zero-order chi connectivity index (χ0) is 30.1. The fourth-order valence-electron chi connectivity index (χ4n) is 5.09. The highest BCUT2D eigenvalue weighted by Crippen LogP contribution is 2.31. The third-order valence-electron chi connectivity index (χ3n) is 7.06. The van der Waals surface area contributed by atoms with Crippen molar-refractivity contribution in [3.05, 3.63) is 100 Å². The smallest absolute Gasteiger partial charge is 0.306 e. The van der Waals surface area contributed by atoms with Crippen molar-refractivity contribution in [2.75, 3.05) is 0 Å². The number of aryl methyl sites for hydroxylation is 1. The second-order valence-electron chi connectivity index (χ2n) is 11.5. The maximum Gasteiger partial charge on any atom is 0.306 e. The number of hydrogen-bond donors (Lipinski definition) is 0. The summed E-state index contributed by atoms with van der Waals surface area (Å²) >= 11 is 0. The van der Waals surface area contributed by atoms with E-state index >= 15 is 0 Å². The summed E-state index contributed by atoms with van der Waals surface area (Å²) in [5.41, 5.74) is 3.11. The molecule has 0 radical (unpaired) electrons. The van der Waals surface area contributed by atoms with Crippen molar-refractivity contribution >= 4 is 33.7 Å². The maximum absolute atomic E-state index is 13.8. The topological polar surface area (TPSA) is 109 Å². The first-order chi connectivity index (χ1) is 20.6. The Morgan fingerprint density at radius 3 is 2.58 bits per heavy atom. The largest absolute Gasteiger partial charge is 0.460 e. The van der Waals surface area contributed by atoms with Gasteiger partial charge < -0.3 is 14.0 Å². The van der Waals surface area contributed by atoms with E-state index in [2.05, 4.69) is 10.1 Å². The molecular formula is C33H31FN4O5. The number of unbranched alkanes of at least 4 members (excludes halogenated alkanes) is 1. The molecule has 0 amide bonds. The molecule has 0 bridgehead atoms. The molecule has 3 aromatic carbocycles. The number of para-hydroxylation sites is 2. The van der Waals surface area contributed by atoms with Crippen LogP contribution < -0.4 is 5.56 Å². The first-order valence-corrected chi connectivity index (χ1v) is 14.3. The van der Waals surface area contributed by atoms with Crippen LogP contribution in [0.3, 0.4) is 0 Å². The van der Waals surface area contributed by atoms with Gasteiger partial charge in [-0.1, -0.05) is 23.4 Å². The Bertz CT molecular complexity index is 1870. The highest BCUT2D eigenvalue weighted by atomic mass is 19.1. The second kappa shape index (κ2) is 11.4. The molecule has 0 saturated heterocycles. The maximum atomic E-state index is 13.8. The number of hydrogen-bond acceptors (Lipinski definition) is 8. The lowest BCUT2D eigenvalue weighted by molar-refractivity contribution is -0.154. The number of oxazole rings is 1. The third-order valence-corrected chi connectivity index (χ3v) is 7.06. The summed E-state index contributed by atoms with van der Waals surface area (Å²) in [6.45, 7) is 5.50. The first kappa shape index (κ1) is 28.3. The van der Waals surface area contributed by atoms with Crippen molar-refractivity contribution in [1.82, 2.24) is 14.5 Å². The number of ether oxygens (including phenoxy) is 1. The molecule has 5 aromatic rings. The van der Waals surface area contributed by atoms with Crippen LogP contribution in [0.25, 0.3) is 27.7 Å². The van der Waals surface area contributed by atoms with Gasteiger partial charge in [-0.3, -0.25) is 14.2 Å². The van der Waals surface area contributed by atoms with Gasteiger partial charge in [-0.15, -0.1) is 0 Å². The van der Waals surface area contributed by atoms with Crippen molar-refractivity contribution in [1.29, 1.82) is 0 Å². The molecule has 220 valence electrons. The molecule has 6 rings (SSSR count). The number of fused-ring (bicyclic) bond motifs is 2. The Morgan fingerprint density at radius 1 is 1.02 bits per heavy atom. The van der Waals surface area contributed by atoms with E-state index in [1.54, 1.807) is 18.2 Å². The van der Waals surface area contributed by atoms with Crippen molar-refractivity contribution < 1.29 is 23.2 Å². The number of rotatable bonds is 8. The third kappa shape index (κ3) is 6.18. The zero-order valence-electron chi connectivity index (χ0n) is 24.2. The Balaban J connectivity index is 1.27. The summed E-state index contributed by atoms with van der Waals surface area (Å²) in [5.74, 6) is 0.300. The number of nitrogens with zero attached hydrogens (tertiary/aromatic N) is 4. The van der Waals surface area contributed by atoms with Gasteiger partial charge in [0.05, 0.1) is 22.3 Å². The lowest BCUT2D eigenvalue weighted by Gasteiger charge is -2.19. The fourth-order valence-corrected chi connectivity index (χ4v) is 5.09. The minimum absolute atomic E-state index is 0.261. The van der Waals surface area contributed by atoms with Gasteiger partial charge in [0.1, 0.15) is 22.8 Å². The summed E-state index contributed by atoms with van der Waals surface area (Å²) < 4.78 is 26.5. The molecule has 2 aromatic heterocycles. The van der Waals surface area contributed by atoms with E-state index < -0.39 is 17.5 Å². The van der Waals surface area contributed by atoms with E-state index in [0.717, 1.165) is 11.1 Å². The van der Waals surface area contributed by atoms with E-state index in [-0.39, 0.29) is 17.9 Å². The normalized spacial score (nSPS) is 15.1. The van der Waals surface area contributed by atoms with E-state index in [1.807, 2.05) is 57.2 Å². The van der Waals surface area contributed by atoms with Crippen LogP contribution in [0, 0.1) is 5.82 Å². The minimum Gasteiger partial charge on any atom is -0.460 e. The lowest BCUT2D eigenvalue weighted by Crippen LogP contribution is -2.24.